The first kappa shape index (κ1) is 20.0. The lowest BCUT2D eigenvalue weighted by atomic mass is 10.1. The summed E-state index contributed by atoms with van der Waals surface area (Å²) in [5.41, 5.74) is 0.891. The first-order chi connectivity index (χ1) is 13.4. The lowest BCUT2D eigenvalue weighted by Crippen LogP contribution is -2.27. The molecule has 0 aliphatic carbocycles. The summed E-state index contributed by atoms with van der Waals surface area (Å²) in [5, 5.41) is 19.8. The molecule has 28 heavy (non-hydrogen) atoms. The standard InChI is InChI=1S/C16H18N6O4S2/c17-28(24,25)14-5-3-12(4-6-14)7-8-18-15(23)11-27-16-19-20-21-22(16)10-13-2-1-9-26-13/h1-6,9H,7-8,10-11H2,(H,18,23)(H2,17,24,25). The lowest BCUT2D eigenvalue weighted by molar-refractivity contribution is -0.118. The van der Waals surface area contributed by atoms with Crippen LogP contribution < -0.4 is 10.5 Å². The molecule has 3 aromatic rings. The van der Waals surface area contributed by atoms with E-state index in [0.717, 1.165) is 5.56 Å². The zero-order chi connectivity index (χ0) is 20.0. The van der Waals surface area contributed by atoms with Crippen LogP contribution in [-0.2, 0) is 27.8 Å². The van der Waals surface area contributed by atoms with E-state index in [0.29, 0.717) is 30.4 Å². The van der Waals surface area contributed by atoms with Gasteiger partial charge in [-0.05, 0) is 46.7 Å². The SMILES string of the molecule is NS(=O)(=O)c1ccc(CCNC(=O)CSc2nnnn2Cc2ccco2)cc1. The number of nitrogens with zero attached hydrogens (tertiary/aromatic N) is 4. The van der Waals surface area contributed by atoms with Gasteiger partial charge in [0.1, 0.15) is 12.3 Å². The second-order valence-corrected chi connectivity index (χ2v) is 8.28. The van der Waals surface area contributed by atoms with Crippen molar-refractivity contribution in [2.45, 2.75) is 23.0 Å². The molecule has 0 bridgehead atoms. The number of tetrazole rings is 1. The van der Waals surface area contributed by atoms with Crippen molar-refractivity contribution in [2.24, 2.45) is 5.14 Å². The quantitative estimate of drug-likeness (QED) is 0.472. The topological polar surface area (TPSA) is 146 Å². The van der Waals surface area contributed by atoms with Gasteiger partial charge in [-0.15, -0.1) is 5.10 Å². The van der Waals surface area contributed by atoms with Crippen molar-refractivity contribution >= 4 is 27.7 Å². The summed E-state index contributed by atoms with van der Waals surface area (Å²) in [6.07, 6.45) is 2.14. The van der Waals surface area contributed by atoms with Crippen LogP contribution in [0.2, 0.25) is 0 Å². The summed E-state index contributed by atoms with van der Waals surface area (Å²) in [4.78, 5) is 12.1. The van der Waals surface area contributed by atoms with Crippen molar-refractivity contribution in [3.05, 3.63) is 54.0 Å². The third-order valence-electron chi connectivity index (χ3n) is 3.70. The fourth-order valence-corrected chi connectivity index (χ4v) is 3.54. The van der Waals surface area contributed by atoms with E-state index in [4.69, 9.17) is 9.56 Å². The average Bonchev–Trinajstić information content (AvgIpc) is 3.32. The molecule has 3 rings (SSSR count). The van der Waals surface area contributed by atoms with E-state index >= 15 is 0 Å². The smallest absolute Gasteiger partial charge is 0.238 e. The Morgan fingerprint density at radius 2 is 2.04 bits per heavy atom. The fourth-order valence-electron chi connectivity index (χ4n) is 2.32. The van der Waals surface area contributed by atoms with Crippen LogP contribution in [0.3, 0.4) is 0 Å². The Morgan fingerprint density at radius 3 is 2.71 bits per heavy atom. The van der Waals surface area contributed by atoms with Crippen LogP contribution in [0.5, 0.6) is 0 Å². The number of nitrogens with two attached hydrogens (primary N) is 1. The summed E-state index contributed by atoms with van der Waals surface area (Å²) < 4.78 is 29.3. The summed E-state index contributed by atoms with van der Waals surface area (Å²) in [6, 6.07) is 9.83. The Kier molecular flexibility index (Phi) is 6.44. The summed E-state index contributed by atoms with van der Waals surface area (Å²) >= 11 is 1.23. The Bertz CT molecular complexity index is 1020. The van der Waals surface area contributed by atoms with Crippen LogP contribution in [0.4, 0.5) is 0 Å². The molecule has 2 heterocycles. The highest BCUT2D eigenvalue weighted by molar-refractivity contribution is 7.99. The molecule has 0 aliphatic heterocycles. The highest BCUT2D eigenvalue weighted by Crippen LogP contribution is 2.15. The van der Waals surface area contributed by atoms with Crippen molar-refractivity contribution < 1.29 is 17.6 Å². The van der Waals surface area contributed by atoms with Gasteiger partial charge < -0.3 is 9.73 Å². The number of aromatic nitrogens is 4. The molecular formula is C16H18N6O4S2. The van der Waals surface area contributed by atoms with Gasteiger partial charge in [0.25, 0.3) is 0 Å². The van der Waals surface area contributed by atoms with E-state index in [1.54, 1.807) is 29.1 Å². The van der Waals surface area contributed by atoms with E-state index in [2.05, 4.69) is 20.8 Å². The Balaban J connectivity index is 1.42. The van der Waals surface area contributed by atoms with Crippen molar-refractivity contribution in [1.82, 2.24) is 25.5 Å². The van der Waals surface area contributed by atoms with Crippen LogP contribution in [0.25, 0.3) is 0 Å². The molecule has 1 amide bonds. The van der Waals surface area contributed by atoms with E-state index in [-0.39, 0.29) is 16.6 Å². The molecule has 1 aromatic carbocycles. The number of hydrogen-bond acceptors (Lipinski definition) is 8. The van der Waals surface area contributed by atoms with Crippen molar-refractivity contribution in [2.75, 3.05) is 12.3 Å². The van der Waals surface area contributed by atoms with Crippen molar-refractivity contribution in [3.8, 4) is 0 Å². The van der Waals surface area contributed by atoms with Crippen molar-refractivity contribution in [3.63, 3.8) is 0 Å². The minimum atomic E-state index is -3.70. The number of hydrogen-bond donors (Lipinski definition) is 2. The maximum absolute atomic E-state index is 12.0. The molecule has 3 N–H and O–H groups in total. The molecule has 2 aromatic heterocycles. The Labute approximate surface area is 165 Å². The zero-order valence-electron chi connectivity index (χ0n) is 14.7. The minimum Gasteiger partial charge on any atom is -0.467 e. The van der Waals surface area contributed by atoms with Crippen LogP contribution in [0, 0.1) is 0 Å². The van der Waals surface area contributed by atoms with Gasteiger partial charge in [0.15, 0.2) is 0 Å². The molecule has 12 heteroatoms. The number of furan rings is 1. The highest BCUT2D eigenvalue weighted by atomic mass is 32.2. The number of primary sulfonamides is 1. The van der Waals surface area contributed by atoms with Crippen LogP contribution in [0.1, 0.15) is 11.3 Å². The second-order valence-electron chi connectivity index (χ2n) is 5.78. The number of amides is 1. The number of thioether (sulfide) groups is 1. The van der Waals surface area contributed by atoms with E-state index in [9.17, 15) is 13.2 Å². The minimum absolute atomic E-state index is 0.0592. The second kappa shape index (κ2) is 8.99. The first-order valence-electron chi connectivity index (χ1n) is 8.21. The molecule has 0 aliphatic rings. The molecule has 10 nitrogen and oxygen atoms in total. The monoisotopic (exact) mass is 422 g/mol. The third kappa shape index (κ3) is 5.65. The van der Waals surface area contributed by atoms with Gasteiger partial charge in [-0.3, -0.25) is 4.79 Å². The number of nitrogens with one attached hydrogen (secondary N) is 1. The summed E-state index contributed by atoms with van der Waals surface area (Å²) in [7, 11) is -3.70. The molecule has 0 fully saturated rings. The molecule has 0 spiro atoms. The number of sulfonamides is 1. The molecule has 148 valence electrons. The largest absolute Gasteiger partial charge is 0.467 e. The maximum Gasteiger partial charge on any atom is 0.238 e. The molecule has 0 radical (unpaired) electrons. The van der Waals surface area contributed by atoms with Crippen LogP contribution >= 0.6 is 11.8 Å². The third-order valence-corrected chi connectivity index (χ3v) is 5.59. The van der Waals surface area contributed by atoms with E-state index in [1.165, 1.54) is 23.9 Å². The van der Waals surface area contributed by atoms with Gasteiger partial charge in [0.05, 0.1) is 16.9 Å². The van der Waals surface area contributed by atoms with Gasteiger partial charge >= 0.3 is 0 Å². The van der Waals surface area contributed by atoms with Crippen LogP contribution in [-0.4, -0.2) is 46.8 Å². The number of benzene rings is 1. The fraction of sp³-hybridized carbons (Fsp3) is 0.250. The average molecular weight is 422 g/mol. The number of carbonyl (C=O) groups excluding carboxylic acids is 1. The molecule has 0 saturated carbocycles. The summed E-state index contributed by atoms with van der Waals surface area (Å²) in [5.74, 6) is 0.730. The van der Waals surface area contributed by atoms with Gasteiger partial charge in [0, 0.05) is 6.54 Å². The van der Waals surface area contributed by atoms with Crippen LogP contribution in [0.15, 0.2) is 57.1 Å². The normalized spacial score (nSPS) is 11.5. The van der Waals surface area contributed by atoms with E-state index < -0.39 is 10.0 Å². The maximum atomic E-state index is 12.0. The summed E-state index contributed by atoms with van der Waals surface area (Å²) in [6.45, 7) is 0.809. The number of rotatable bonds is 9. The predicted octanol–water partition coefficient (Wildman–Crippen LogP) is 0.413. The molecule has 0 saturated heterocycles. The van der Waals surface area contributed by atoms with E-state index in [1.807, 2.05) is 6.07 Å². The first-order valence-corrected chi connectivity index (χ1v) is 10.7. The van der Waals surface area contributed by atoms with Gasteiger partial charge in [0.2, 0.25) is 21.1 Å². The zero-order valence-corrected chi connectivity index (χ0v) is 16.3. The van der Waals surface area contributed by atoms with Crippen molar-refractivity contribution in [1.29, 1.82) is 0 Å². The predicted molar refractivity (Wildman–Crippen MR) is 101 cm³/mol. The number of carbonyl (C=O) groups is 1. The van der Waals surface area contributed by atoms with Gasteiger partial charge in [-0.25, -0.2) is 18.2 Å². The highest BCUT2D eigenvalue weighted by Gasteiger charge is 2.11. The van der Waals surface area contributed by atoms with Gasteiger partial charge in [-0.1, -0.05) is 23.9 Å². The Hall–Kier alpha value is -2.70. The molecule has 0 atom stereocenters. The lowest BCUT2D eigenvalue weighted by Gasteiger charge is -2.06. The molecule has 0 unspecified atom stereocenters. The Morgan fingerprint density at radius 1 is 1.25 bits per heavy atom. The van der Waals surface area contributed by atoms with Gasteiger partial charge in [-0.2, -0.15) is 0 Å². The molecular weight excluding hydrogens is 404 g/mol.